The van der Waals surface area contributed by atoms with Crippen LogP contribution in [0, 0.1) is 0 Å². The Hall–Kier alpha value is -1.47. The number of hydrogen-bond acceptors (Lipinski definition) is 5. The highest BCUT2D eigenvalue weighted by atomic mass is 32.1. The van der Waals surface area contributed by atoms with Gasteiger partial charge in [-0.15, -0.1) is 11.3 Å². The number of nitrogens with one attached hydrogen (secondary N) is 2. The highest BCUT2D eigenvalue weighted by molar-refractivity contribution is 7.09. The molecule has 0 unspecified atom stereocenters. The van der Waals surface area contributed by atoms with Gasteiger partial charge in [-0.2, -0.15) is 0 Å². The predicted octanol–water partition coefficient (Wildman–Crippen LogP) is -1.12. The molecule has 0 aliphatic carbocycles. The van der Waals surface area contributed by atoms with Gasteiger partial charge in [-0.3, -0.25) is 9.59 Å². The normalized spacial score (nSPS) is 9.81. The number of amides is 2. The molecule has 0 radical (unpaired) electrons. The molecule has 0 aliphatic heterocycles. The van der Waals surface area contributed by atoms with Gasteiger partial charge >= 0.3 is 0 Å². The highest BCUT2D eigenvalue weighted by Gasteiger charge is 2.03. The minimum Gasteiger partial charge on any atom is -0.354 e. The van der Waals surface area contributed by atoms with Crippen LogP contribution in [0.1, 0.15) is 5.01 Å². The number of thiazole rings is 1. The Labute approximate surface area is 97.2 Å². The first kappa shape index (κ1) is 12.6. The molecule has 0 saturated heterocycles. The molecule has 88 valence electrons. The Morgan fingerprint density at radius 2 is 2.19 bits per heavy atom. The molecule has 0 bridgehead atoms. The van der Waals surface area contributed by atoms with E-state index in [1.54, 1.807) is 17.5 Å². The fraction of sp³-hybridized carbons (Fsp3) is 0.444. The lowest BCUT2D eigenvalue weighted by molar-refractivity contribution is -0.125. The van der Waals surface area contributed by atoms with Crippen LogP contribution < -0.4 is 16.4 Å². The van der Waals surface area contributed by atoms with Crippen molar-refractivity contribution in [1.82, 2.24) is 15.6 Å². The molecule has 1 heterocycles. The van der Waals surface area contributed by atoms with Crippen molar-refractivity contribution in [2.45, 2.75) is 6.42 Å². The van der Waals surface area contributed by atoms with Gasteiger partial charge in [-0.05, 0) is 0 Å². The molecule has 0 aliphatic rings. The van der Waals surface area contributed by atoms with Gasteiger partial charge in [0.25, 0.3) is 0 Å². The number of rotatable bonds is 6. The van der Waals surface area contributed by atoms with Crippen molar-refractivity contribution in [3.8, 4) is 0 Å². The van der Waals surface area contributed by atoms with E-state index in [2.05, 4.69) is 15.6 Å². The summed E-state index contributed by atoms with van der Waals surface area (Å²) < 4.78 is 0. The van der Waals surface area contributed by atoms with Gasteiger partial charge in [0, 0.05) is 24.5 Å². The largest absolute Gasteiger partial charge is 0.354 e. The van der Waals surface area contributed by atoms with Gasteiger partial charge in [0.05, 0.1) is 18.1 Å². The van der Waals surface area contributed by atoms with Crippen LogP contribution in [0.25, 0.3) is 0 Å². The average molecular weight is 242 g/mol. The molecule has 7 heteroatoms. The van der Waals surface area contributed by atoms with Crippen LogP contribution in [0.4, 0.5) is 0 Å². The van der Waals surface area contributed by atoms with E-state index in [0.29, 0.717) is 13.0 Å². The lowest BCUT2D eigenvalue weighted by Crippen LogP contribution is -2.40. The van der Waals surface area contributed by atoms with Crippen LogP contribution in [0.3, 0.4) is 0 Å². The molecule has 1 aromatic heterocycles. The molecule has 1 rings (SSSR count). The summed E-state index contributed by atoms with van der Waals surface area (Å²) in [5.74, 6) is -0.562. The number of nitrogens with zero attached hydrogens (tertiary/aromatic N) is 1. The zero-order valence-electron chi connectivity index (χ0n) is 8.73. The van der Waals surface area contributed by atoms with Gasteiger partial charge < -0.3 is 16.4 Å². The van der Waals surface area contributed by atoms with Crippen molar-refractivity contribution in [2.75, 3.05) is 19.6 Å². The second-order valence-corrected chi connectivity index (χ2v) is 3.99. The summed E-state index contributed by atoms with van der Waals surface area (Å²) in [4.78, 5) is 26.0. The summed E-state index contributed by atoms with van der Waals surface area (Å²) in [7, 11) is 0. The second-order valence-electron chi connectivity index (χ2n) is 3.01. The van der Waals surface area contributed by atoms with E-state index < -0.39 is 0 Å². The number of carbonyl (C=O) groups is 2. The Morgan fingerprint density at radius 3 is 2.81 bits per heavy atom. The molecular weight excluding hydrogens is 228 g/mol. The first-order valence-electron chi connectivity index (χ1n) is 4.84. The van der Waals surface area contributed by atoms with E-state index in [1.807, 2.05) is 5.38 Å². The Bertz CT molecular complexity index is 339. The first-order chi connectivity index (χ1) is 7.72. The van der Waals surface area contributed by atoms with Crippen LogP contribution in [0.5, 0.6) is 0 Å². The van der Waals surface area contributed by atoms with Gasteiger partial charge in [0.1, 0.15) is 0 Å². The quantitative estimate of drug-likeness (QED) is 0.588. The summed E-state index contributed by atoms with van der Waals surface area (Å²) >= 11 is 1.55. The fourth-order valence-electron chi connectivity index (χ4n) is 0.999. The van der Waals surface area contributed by atoms with Crippen LogP contribution in [-0.4, -0.2) is 36.4 Å². The fourth-order valence-corrected chi connectivity index (χ4v) is 1.62. The SMILES string of the molecule is NCC(=O)NCC(=O)NCCc1nccs1. The second kappa shape index (κ2) is 6.91. The molecule has 1 aromatic rings. The van der Waals surface area contributed by atoms with Gasteiger partial charge in [0.15, 0.2) is 0 Å². The number of nitrogens with two attached hydrogens (primary N) is 1. The van der Waals surface area contributed by atoms with Crippen molar-refractivity contribution in [2.24, 2.45) is 5.73 Å². The lowest BCUT2D eigenvalue weighted by Gasteiger charge is -2.04. The summed E-state index contributed by atoms with van der Waals surface area (Å²) in [6.07, 6.45) is 2.43. The smallest absolute Gasteiger partial charge is 0.239 e. The summed E-state index contributed by atoms with van der Waals surface area (Å²) in [6, 6.07) is 0. The monoisotopic (exact) mass is 242 g/mol. The standard InChI is InChI=1S/C9H14N4O2S/c10-5-7(14)13-6-8(15)11-2-1-9-12-3-4-16-9/h3-4H,1-2,5-6,10H2,(H,11,15)(H,13,14). The number of hydrogen-bond donors (Lipinski definition) is 3. The van der Waals surface area contributed by atoms with E-state index in [-0.39, 0.29) is 24.9 Å². The molecular formula is C9H14N4O2S. The minimum atomic E-state index is -0.338. The predicted molar refractivity (Wildman–Crippen MR) is 60.9 cm³/mol. The highest BCUT2D eigenvalue weighted by Crippen LogP contribution is 2.03. The van der Waals surface area contributed by atoms with Crippen LogP contribution >= 0.6 is 11.3 Å². The third-order valence-electron chi connectivity index (χ3n) is 1.78. The topological polar surface area (TPSA) is 97.1 Å². The summed E-state index contributed by atoms with van der Waals surface area (Å²) in [6.45, 7) is 0.380. The molecule has 6 nitrogen and oxygen atoms in total. The maximum absolute atomic E-state index is 11.2. The Balaban J connectivity index is 2.09. The van der Waals surface area contributed by atoms with Crippen molar-refractivity contribution >= 4 is 23.2 Å². The molecule has 4 N–H and O–H groups in total. The van der Waals surface area contributed by atoms with Gasteiger partial charge in [-0.25, -0.2) is 4.98 Å². The van der Waals surface area contributed by atoms with E-state index in [4.69, 9.17) is 5.73 Å². The van der Waals surface area contributed by atoms with Crippen molar-refractivity contribution in [1.29, 1.82) is 0 Å². The lowest BCUT2D eigenvalue weighted by atomic mass is 10.4. The first-order valence-corrected chi connectivity index (χ1v) is 5.72. The zero-order chi connectivity index (χ0) is 11.8. The third kappa shape index (κ3) is 4.85. The number of aromatic nitrogens is 1. The van der Waals surface area contributed by atoms with Crippen LogP contribution in [0.15, 0.2) is 11.6 Å². The van der Waals surface area contributed by atoms with E-state index >= 15 is 0 Å². The summed E-state index contributed by atoms with van der Waals surface area (Å²) in [5.41, 5.74) is 5.07. The Morgan fingerprint density at radius 1 is 1.38 bits per heavy atom. The van der Waals surface area contributed by atoms with Gasteiger partial charge in [-0.1, -0.05) is 0 Å². The van der Waals surface area contributed by atoms with Gasteiger partial charge in [0.2, 0.25) is 11.8 Å². The molecule has 0 fully saturated rings. The molecule has 0 spiro atoms. The van der Waals surface area contributed by atoms with E-state index in [1.165, 1.54) is 0 Å². The number of carbonyl (C=O) groups excluding carboxylic acids is 2. The maximum atomic E-state index is 11.2. The molecule has 0 aromatic carbocycles. The van der Waals surface area contributed by atoms with E-state index in [0.717, 1.165) is 5.01 Å². The van der Waals surface area contributed by atoms with Crippen LogP contribution in [-0.2, 0) is 16.0 Å². The third-order valence-corrected chi connectivity index (χ3v) is 2.62. The Kier molecular flexibility index (Phi) is 5.44. The van der Waals surface area contributed by atoms with Crippen molar-refractivity contribution in [3.05, 3.63) is 16.6 Å². The van der Waals surface area contributed by atoms with Crippen molar-refractivity contribution in [3.63, 3.8) is 0 Å². The summed E-state index contributed by atoms with van der Waals surface area (Å²) in [5, 5.41) is 7.92. The zero-order valence-corrected chi connectivity index (χ0v) is 9.55. The molecule has 2 amide bonds. The maximum Gasteiger partial charge on any atom is 0.239 e. The minimum absolute atomic E-state index is 0.0338. The van der Waals surface area contributed by atoms with E-state index in [9.17, 15) is 9.59 Å². The molecule has 0 atom stereocenters. The molecule has 16 heavy (non-hydrogen) atoms. The van der Waals surface area contributed by atoms with Crippen molar-refractivity contribution < 1.29 is 9.59 Å². The average Bonchev–Trinajstić information content (AvgIpc) is 2.79. The van der Waals surface area contributed by atoms with Crippen LogP contribution in [0.2, 0.25) is 0 Å². The molecule has 0 saturated carbocycles.